The summed E-state index contributed by atoms with van der Waals surface area (Å²) in [5.41, 5.74) is 1.06. The van der Waals surface area contributed by atoms with Crippen LogP contribution in [0.1, 0.15) is 18.5 Å². The lowest BCUT2D eigenvalue weighted by Crippen LogP contribution is -2.39. The van der Waals surface area contributed by atoms with Crippen LogP contribution in [0.5, 0.6) is 5.75 Å². The van der Waals surface area contributed by atoms with Crippen LogP contribution in [-0.4, -0.2) is 41.7 Å². The minimum Gasteiger partial charge on any atom is -0.489 e. The first-order valence-corrected chi connectivity index (χ1v) is 8.45. The van der Waals surface area contributed by atoms with Crippen LogP contribution in [0, 0.1) is 0 Å². The molecule has 2 amide bonds. The van der Waals surface area contributed by atoms with Gasteiger partial charge in [-0.25, -0.2) is 4.79 Å². The number of nitrogens with one attached hydrogen (secondary N) is 1. The van der Waals surface area contributed by atoms with Gasteiger partial charge in [0, 0.05) is 31.4 Å². The van der Waals surface area contributed by atoms with E-state index in [1.54, 1.807) is 6.20 Å². The molecule has 0 spiro atoms. The molecule has 1 N–H and O–H groups in total. The van der Waals surface area contributed by atoms with Gasteiger partial charge in [-0.1, -0.05) is 24.3 Å². The van der Waals surface area contributed by atoms with Crippen molar-refractivity contribution in [2.75, 3.05) is 19.6 Å². The Bertz CT molecular complexity index is 634. The Morgan fingerprint density at radius 2 is 2.04 bits per heavy atom. The van der Waals surface area contributed by atoms with Gasteiger partial charge in [0.25, 0.3) is 0 Å². The molecule has 1 aromatic heterocycles. The van der Waals surface area contributed by atoms with Crippen molar-refractivity contribution in [2.24, 2.45) is 0 Å². The van der Waals surface area contributed by atoms with Gasteiger partial charge in [-0.3, -0.25) is 4.98 Å². The molecule has 2 aromatic rings. The molecule has 1 aromatic carbocycles. The third-order valence-corrected chi connectivity index (χ3v) is 4.09. The van der Waals surface area contributed by atoms with Crippen LogP contribution in [0.4, 0.5) is 4.79 Å². The Labute approximate surface area is 142 Å². The Kier molecular flexibility index (Phi) is 5.66. The predicted molar refractivity (Wildman–Crippen MR) is 93.0 cm³/mol. The number of aromatic nitrogens is 1. The zero-order valence-electron chi connectivity index (χ0n) is 13.7. The maximum atomic E-state index is 12.2. The van der Waals surface area contributed by atoms with Gasteiger partial charge in [-0.05, 0) is 37.1 Å². The van der Waals surface area contributed by atoms with Gasteiger partial charge in [0.2, 0.25) is 0 Å². The number of para-hydroxylation sites is 1. The fourth-order valence-corrected chi connectivity index (χ4v) is 2.82. The number of hydrogen-bond donors (Lipinski definition) is 1. The highest BCUT2D eigenvalue weighted by Crippen LogP contribution is 2.17. The number of pyridine rings is 1. The highest BCUT2D eigenvalue weighted by molar-refractivity contribution is 5.74. The molecule has 126 valence electrons. The lowest BCUT2D eigenvalue weighted by atomic mass is 10.2. The average molecular weight is 325 g/mol. The molecular formula is C19H23N3O2. The largest absolute Gasteiger partial charge is 0.489 e. The molecule has 0 radical (unpaired) electrons. The number of benzene rings is 1. The number of urea groups is 1. The lowest BCUT2D eigenvalue weighted by molar-refractivity contribution is 0.187. The number of amides is 2. The van der Waals surface area contributed by atoms with Gasteiger partial charge in [0.05, 0.1) is 6.54 Å². The number of likely N-dealkylation sites (tertiary alicyclic amines) is 1. The van der Waals surface area contributed by atoms with E-state index in [0.717, 1.165) is 37.3 Å². The Hall–Kier alpha value is -2.56. The summed E-state index contributed by atoms with van der Waals surface area (Å²) in [6, 6.07) is 15.7. The highest BCUT2D eigenvalue weighted by Gasteiger charge is 2.27. The zero-order chi connectivity index (χ0) is 16.6. The second-order valence-electron chi connectivity index (χ2n) is 5.94. The molecule has 2 heterocycles. The topological polar surface area (TPSA) is 54.5 Å². The summed E-state index contributed by atoms with van der Waals surface area (Å²) in [6.07, 6.45) is 4.51. The van der Waals surface area contributed by atoms with Crippen molar-refractivity contribution in [3.8, 4) is 5.75 Å². The molecule has 1 aliphatic rings. The SMILES string of the molecule is O=C(NCCCc1ccccn1)N1CCC(Oc2ccccc2)C1. The van der Waals surface area contributed by atoms with E-state index in [-0.39, 0.29) is 12.1 Å². The summed E-state index contributed by atoms with van der Waals surface area (Å²) in [4.78, 5) is 18.3. The number of nitrogens with zero attached hydrogens (tertiary/aromatic N) is 2. The van der Waals surface area contributed by atoms with Crippen LogP contribution < -0.4 is 10.1 Å². The molecule has 5 heteroatoms. The molecule has 1 unspecified atom stereocenters. The first kappa shape index (κ1) is 16.3. The fourth-order valence-electron chi connectivity index (χ4n) is 2.82. The Morgan fingerprint density at radius 3 is 2.83 bits per heavy atom. The van der Waals surface area contributed by atoms with E-state index in [9.17, 15) is 4.79 Å². The van der Waals surface area contributed by atoms with Crippen molar-refractivity contribution in [3.05, 3.63) is 60.4 Å². The minimum absolute atomic E-state index is 0.00446. The van der Waals surface area contributed by atoms with E-state index >= 15 is 0 Å². The summed E-state index contributed by atoms with van der Waals surface area (Å²) in [6.45, 7) is 2.04. The molecule has 24 heavy (non-hydrogen) atoms. The lowest BCUT2D eigenvalue weighted by Gasteiger charge is -2.18. The molecule has 1 fully saturated rings. The van der Waals surface area contributed by atoms with E-state index in [4.69, 9.17) is 4.74 Å². The number of hydrogen-bond acceptors (Lipinski definition) is 3. The van der Waals surface area contributed by atoms with Crippen molar-refractivity contribution in [1.29, 1.82) is 0 Å². The average Bonchev–Trinajstić information content (AvgIpc) is 3.09. The first-order valence-electron chi connectivity index (χ1n) is 8.45. The third kappa shape index (κ3) is 4.72. The van der Waals surface area contributed by atoms with Gasteiger partial charge in [-0.2, -0.15) is 0 Å². The quantitative estimate of drug-likeness (QED) is 0.831. The maximum absolute atomic E-state index is 12.2. The number of carbonyl (C=O) groups is 1. The van der Waals surface area contributed by atoms with Crippen LogP contribution in [-0.2, 0) is 6.42 Å². The van der Waals surface area contributed by atoms with Crippen LogP contribution >= 0.6 is 0 Å². The zero-order valence-corrected chi connectivity index (χ0v) is 13.7. The Balaban J connectivity index is 1.35. The second kappa shape index (κ2) is 8.34. The second-order valence-corrected chi connectivity index (χ2v) is 5.94. The van der Waals surface area contributed by atoms with Gasteiger partial charge in [0.15, 0.2) is 0 Å². The standard InChI is InChI=1S/C19H23N3O2/c23-19(21-13-6-8-16-7-4-5-12-20-16)22-14-11-18(15-22)24-17-9-2-1-3-10-17/h1-5,7,9-10,12,18H,6,8,11,13-15H2,(H,21,23). The molecule has 1 aliphatic heterocycles. The number of ether oxygens (including phenoxy) is 1. The van der Waals surface area contributed by atoms with Crippen molar-refractivity contribution < 1.29 is 9.53 Å². The fraction of sp³-hybridized carbons (Fsp3) is 0.368. The van der Waals surface area contributed by atoms with Crippen LogP contribution in [0.15, 0.2) is 54.7 Å². The smallest absolute Gasteiger partial charge is 0.317 e. The van der Waals surface area contributed by atoms with E-state index in [1.807, 2.05) is 53.4 Å². The summed E-state index contributed by atoms with van der Waals surface area (Å²) >= 11 is 0. The van der Waals surface area contributed by atoms with E-state index < -0.39 is 0 Å². The summed E-state index contributed by atoms with van der Waals surface area (Å²) in [5.74, 6) is 0.861. The first-order chi connectivity index (χ1) is 11.8. The van der Waals surface area contributed by atoms with E-state index in [2.05, 4.69) is 10.3 Å². The maximum Gasteiger partial charge on any atom is 0.317 e. The van der Waals surface area contributed by atoms with Crippen LogP contribution in [0.2, 0.25) is 0 Å². The van der Waals surface area contributed by atoms with Gasteiger partial charge in [-0.15, -0.1) is 0 Å². The van der Waals surface area contributed by atoms with Gasteiger partial charge in [0.1, 0.15) is 11.9 Å². The van der Waals surface area contributed by atoms with E-state index in [1.165, 1.54) is 0 Å². The van der Waals surface area contributed by atoms with Crippen LogP contribution in [0.3, 0.4) is 0 Å². The minimum atomic E-state index is -0.00446. The third-order valence-electron chi connectivity index (χ3n) is 4.09. The molecule has 0 bridgehead atoms. The molecule has 0 aliphatic carbocycles. The van der Waals surface area contributed by atoms with Crippen molar-refractivity contribution in [1.82, 2.24) is 15.2 Å². The molecule has 5 nitrogen and oxygen atoms in total. The summed E-state index contributed by atoms with van der Waals surface area (Å²) < 4.78 is 5.91. The van der Waals surface area contributed by atoms with Crippen molar-refractivity contribution in [3.63, 3.8) is 0 Å². The van der Waals surface area contributed by atoms with Gasteiger partial charge >= 0.3 is 6.03 Å². The highest BCUT2D eigenvalue weighted by atomic mass is 16.5. The van der Waals surface area contributed by atoms with Crippen molar-refractivity contribution >= 4 is 6.03 Å². The Morgan fingerprint density at radius 1 is 1.21 bits per heavy atom. The summed E-state index contributed by atoms with van der Waals surface area (Å²) in [7, 11) is 0. The number of carbonyl (C=O) groups excluding carboxylic acids is 1. The number of rotatable bonds is 6. The van der Waals surface area contributed by atoms with Crippen molar-refractivity contribution in [2.45, 2.75) is 25.4 Å². The molecule has 0 saturated carbocycles. The predicted octanol–water partition coefficient (Wildman–Crippen LogP) is 2.88. The number of aryl methyl sites for hydroxylation is 1. The molecule has 1 saturated heterocycles. The molecule has 3 rings (SSSR count). The van der Waals surface area contributed by atoms with Crippen LogP contribution in [0.25, 0.3) is 0 Å². The summed E-state index contributed by atoms with van der Waals surface area (Å²) in [5, 5.41) is 2.98. The molecular weight excluding hydrogens is 302 g/mol. The normalized spacial score (nSPS) is 16.8. The molecule has 1 atom stereocenters. The monoisotopic (exact) mass is 325 g/mol. The van der Waals surface area contributed by atoms with Gasteiger partial charge < -0.3 is 15.0 Å². The van der Waals surface area contributed by atoms with E-state index in [0.29, 0.717) is 13.1 Å².